The topological polar surface area (TPSA) is 78.9 Å². The van der Waals surface area contributed by atoms with Crippen LogP contribution in [-0.4, -0.2) is 37.7 Å². The fourth-order valence-electron chi connectivity index (χ4n) is 11.1. The molecule has 7 fully saturated rings. The maximum absolute atomic E-state index is 13.3. The normalized spacial score (nSPS) is 29.6. The monoisotopic (exact) mass is 723 g/mol. The van der Waals surface area contributed by atoms with E-state index in [9.17, 15) is 14.4 Å². The minimum atomic E-state index is -0.342. The number of ether oxygens (including phenoxy) is 3. The molecule has 6 bridgehead atoms. The van der Waals surface area contributed by atoms with Crippen LogP contribution in [0.2, 0.25) is 0 Å². The summed E-state index contributed by atoms with van der Waals surface area (Å²) in [6.07, 6.45) is 40.5. The first kappa shape index (κ1) is 41.1. The van der Waals surface area contributed by atoms with Gasteiger partial charge in [0.15, 0.2) is 0 Å². The SMILES string of the molecule is CCCCC/C=C\C/C=C\CCCCCCCCC(=O)OCC(COC(=O)CCCC12CC3CC(CC(C3)C1)C2)COC(=O)C12CCC(CC1)CC2. The molecule has 7 saturated carbocycles. The van der Waals surface area contributed by atoms with E-state index in [-0.39, 0.29) is 49.1 Å². The molecule has 0 N–H and O–H groups in total. The number of allylic oxidation sites excluding steroid dienone is 4. The highest BCUT2D eigenvalue weighted by Crippen LogP contribution is 2.61. The molecule has 0 radical (unpaired) electrons. The summed E-state index contributed by atoms with van der Waals surface area (Å²) in [6.45, 7) is 2.61. The number of hydrogen-bond donors (Lipinski definition) is 0. The van der Waals surface area contributed by atoms with Gasteiger partial charge in [0.05, 0.1) is 11.3 Å². The van der Waals surface area contributed by atoms with E-state index < -0.39 is 0 Å². The Bertz CT molecular complexity index is 1100. The number of fused-ring (bicyclic) bond motifs is 3. The number of unbranched alkanes of at least 4 members (excludes halogenated alkanes) is 9. The fraction of sp³-hybridized carbons (Fsp3) is 0.848. The zero-order valence-corrected chi connectivity index (χ0v) is 33.1. The molecule has 0 aliphatic heterocycles. The highest BCUT2D eigenvalue weighted by atomic mass is 16.6. The average molecular weight is 723 g/mol. The second-order valence-electron chi connectivity index (χ2n) is 18.2. The Kier molecular flexibility index (Phi) is 17.1. The van der Waals surface area contributed by atoms with Crippen LogP contribution in [0.4, 0.5) is 0 Å². The predicted octanol–water partition coefficient (Wildman–Crippen LogP) is 11.8. The Morgan fingerprint density at radius 1 is 0.596 bits per heavy atom. The van der Waals surface area contributed by atoms with E-state index in [1.165, 1.54) is 83.5 Å². The molecule has 0 amide bonds. The van der Waals surface area contributed by atoms with Crippen molar-refractivity contribution in [2.24, 2.45) is 40.4 Å². The van der Waals surface area contributed by atoms with Gasteiger partial charge >= 0.3 is 17.9 Å². The maximum Gasteiger partial charge on any atom is 0.312 e. The molecular formula is C46H74O6. The fourth-order valence-corrected chi connectivity index (χ4v) is 11.1. The number of carbonyl (C=O) groups is 3. The van der Waals surface area contributed by atoms with Crippen LogP contribution in [0.3, 0.4) is 0 Å². The van der Waals surface area contributed by atoms with Gasteiger partial charge in [0.25, 0.3) is 0 Å². The highest BCUT2D eigenvalue weighted by Gasteiger charge is 2.50. The van der Waals surface area contributed by atoms with Crippen molar-refractivity contribution in [2.75, 3.05) is 19.8 Å². The number of carbonyl (C=O) groups excluding carboxylic acids is 3. The van der Waals surface area contributed by atoms with Crippen molar-refractivity contribution in [3.05, 3.63) is 24.3 Å². The van der Waals surface area contributed by atoms with Crippen LogP contribution >= 0.6 is 0 Å². The zero-order valence-electron chi connectivity index (χ0n) is 33.1. The van der Waals surface area contributed by atoms with Gasteiger partial charge in [-0.3, -0.25) is 14.4 Å². The number of rotatable bonds is 26. The van der Waals surface area contributed by atoms with Crippen LogP contribution in [0.25, 0.3) is 0 Å². The molecular weight excluding hydrogens is 649 g/mol. The molecule has 0 heterocycles. The predicted molar refractivity (Wildman–Crippen MR) is 208 cm³/mol. The third-order valence-electron chi connectivity index (χ3n) is 13.8. The van der Waals surface area contributed by atoms with E-state index >= 15 is 0 Å². The van der Waals surface area contributed by atoms with Crippen molar-refractivity contribution in [3.8, 4) is 0 Å². The lowest BCUT2D eigenvalue weighted by atomic mass is 9.48. The van der Waals surface area contributed by atoms with Gasteiger partial charge in [-0.2, -0.15) is 0 Å². The van der Waals surface area contributed by atoms with Gasteiger partial charge in [0.1, 0.15) is 19.8 Å². The second-order valence-corrected chi connectivity index (χ2v) is 18.2. The van der Waals surface area contributed by atoms with Crippen molar-refractivity contribution in [1.82, 2.24) is 0 Å². The number of hydrogen-bond acceptors (Lipinski definition) is 6. The van der Waals surface area contributed by atoms with E-state index in [1.54, 1.807) is 0 Å². The van der Waals surface area contributed by atoms with E-state index in [1.807, 2.05) is 0 Å². The molecule has 7 rings (SSSR count). The molecule has 0 aromatic heterocycles. The third kappa shape index (κ3) is 13.3. The molecule has 0 aromatic rings. The smallest absolute Gasteiger partial charge is 0.312 e. The van der Waals surface area contributed by atoms with Gasteiger partial charge < -0.3 is 14.2 Å². The first-order valence-electron chi connectivity index (χ1n) is 22.2. The van der Waals surface area contributed by atoms with Gasteiger partial charge in [-0.15, -0.1) is 0 Å². The summed E-state index contributed by atoms with van der Waals surface area (Å²) in [7, 11) is 0. The van der Waals surface area contributed by atoms with Crippen molar-refractivity contribution in [2.45, 2.75) is 187 Å². The summed E-state index contributed by atoms with van der Waals surface area (Å²) >= 11 is 0. The lowest BCUT2D eigenvalue weighted by molar-refractivity contribution is -0.166. The molecule has 6 heteroatoms. The van der Waals surface area contributed by atoms with Crippen LogP contribution in [0.5, 0.6) is 0 Å². The molecule has 7 aliphatic rings. The molecule has 52 heavy (non-hydrogen) atoms. The lowest BCUT2D eigenvalue weighted by Crippen LogP contribution is -2.45. The first-order chi connectivity index (χ1) is 25.4. The Balaban J connectivity index is 0.944. The minimum Gasteiger partial charge on any atom is -0.465 e. The molecule has 0 aromatic carbocycles. The largest absolute Gasteiger partial charge is 0.465 e. The molecule has 1 atom stereocenters. The van der Waals surface area contributed by atoms with Gasteiger partial charge in [0, 0.05) is 12.8 Å². The highest BCUT2D eigenvalue weighted by molar-refractivity contribution is 5.77. The lowest BCUT2D eigenvalue weighted by Gasteiger charge is -2.57. The maximum atomic E-state index is 13.3. The summed E-state index contributed by atoms with van der Waals surface area (Å²) in [6, 6.07) is 0. The van der Waals surface area contributed by atoms with E-state index in [2.05, 4.69) is 31.2 Å². The summed E-state index contributed by atoms with van der Waals surface area (Å²) in [4.78, 5) is 38.9. The van der Waals surface area contributed by atoms with Crippen LogP contribution in [0.15, 0.2) is 24.3 Å². The first-order valence-corrected chi connectivity index (χ1v) is 22.2. The Hall–Kier alpha value is -2.11. The molecule has 7 aliphatic carbocycles. The van der Waals surface area contributed by atoms with E-state index in [0.717, 1.165) is 107 Å². The summed E-state index contributed by atoms with van der Waals surface area (Å²) in [5, 5.41) is 0. The Morgan fingerprint density at radius 3 is 1.67 bits per heavy atom. The molecule has 294 valence electrons. The summed E-state index contributed by atoms with van der Waals surface area (Å²) in [5.74, 6) is 2.70. The van der Waals surface area contributed by atoms with E-state index in [0.29, 0.717) is 18.3 Å². The molecule has 6 nitrogen and oxygen atoms in total. The Labute approximate surface area is 317 Å². The Morgan fingerprint density at radius 2 is 1.10 bits per heavy atom. The van der Waals surface area contributed by atoms with Crippen LogP contribution < -0.4 is 0 Å². The average Bonchev–Trinajstić information content (AvgIpc) is 3.14. The van der Waals surface area contributed by atoms with Crippen LogP contribution in [0.1, 0.15) is 187 Å². The third-order valence-corrected chi connectivity index (χ3v) is 13.8. The summed E-state index contributed by atoms with van der Waals surface area (Å²) in [5.41, 5.74) is 0.130. The van der Waals surface area contributed by atoms with Gasteiger partial charge in [-0.25, -0.2) is 0 Å². The second kappa shape index (κ2) is 21.7. The minimum absolute atomic E-state index is 0.106. The van der Waals surface area contributed by atoms with Gasteiger partial charge in [-0.1, -0.05) is 69.8 Å². The number of esters is 3. The van der Waals surface area contributed by atoms with Crippen LogP contribution in [0, 0.1) is 40.4 Å². The van der Waals surface area contributed by atoms with Crippen molar-refractivity contribution >= 4 is 17.9 Å². The van der Waals surface area contributed by atoms with Crippen LogP contribution in [-0.2, 0) is 28.6 Å². The van der Waals surface area contributed by atoms with Gasteiger partial charge in [0.2, 0.25) is 0 Å². The van der Waals surface area contributed by atoms with Crippen molar-refractivity contribution in [1.29, 1.82) is 0 Å². The standard InChI is InChI=1S/C46H74O6/c1-2-3-4-5-6-7-8-9-10-11-12-13-14-15-16-17-19-42(47)50-34-41(36-52-44(49)46-25-21-37(22-26-46)23-27-46)35-51-43(48)20-18-24-45-31-38-28-39(32-45)30-40(29-38)33-45/h6-7,9-10,37-41H,2-5,8,11-36H2,1H3/b7-6-,10-9-. The van der Waals surface area contributed by atoms with Gasteiger partial charge in [-0.05, 0) is 158 Å². The summed E-state index contributed by atoms with van der Waals surface area (Å²) < 4.78 is 17.4. The zero-order chi connectivity index (χ0) is 36.5. The molecule has 0 saturated heterocycles. The molecule has 1 unspecified atom stereocenters. The quantitative estimate of drug-likeness (QED) is 0.0383. The van der Waals surface area contributed by atoms with Crippen molar-refractivity contribution in [3.63, 3.8) is 0 Å². The molecule has 0 spiro atoms. The van der Waals surface area contributed by atoms with Crippen molar-refractivity contribution < 1.29 is 28.6 Å². The van der Waals surface area contributed by atoms with E-state index in [4.69, 9.17) is 14.2 Å².